The molecule has 0 saturated heterocycles. The van der Waals surface area contributed by atoms with Gasteiger partial charge in [0, 0.05) is 25.7 Å². The number of hydrogen-bond acceptors (Lipinski definition) is 2. The van der Waals surface area contributed by atoms with Gasteiger partial charge in [0.05, 0.1) is 0 Å². The van der Waals surface area contributed by atoms with E-state index in [2.05, 4.69) is 10.4 Å². The number of likely N-dealkylation sites (N-methyl/N-ethyl adjacent to an activating group) is 1. The molecular formula is C15H17F2N3O. The van der Waals surface area contributed by atoms with Crippen molar-refractivity contribution in [3.8, 4) is 11.1 Å². The molecule has 0 radical (unpaired) electrons. The zero-order valence-corrected chi connectivity index (χ0v) is 12.1. The molecule has 1 atom stereocenters. The quantitative estimate of drug-likeness (QED) is 0.942. The van der Waals surface area contributed by atoms with Crippen molar-refractivity contribution >= 4 is 5.91 Å². The Morgan fingerprint density at radius 3 is 2.48 bits per heavy atom. The Morgan fingerprint density at radius 2 is 1.95 bits per heavy atom. The minimum atomic E-state index is -3.08. The fourth-order valence-electron chi connectivity index (χ4n) is 2.07. The van der Waals surface area contributed by atoms with Crippen LogP contribution in [-0.4, -0.2) is 22.7 Å². The smallest absolute Gasteiger partial charge is 0.289 e. The van der Waals surface area contributed by atoms with Crippen LogP contribution in [0.25, 0.3) is 11.1 Å². The van der Waals surface area contributed by atoms with Gasteiger partial charge >= 0.3 is 0 Å². The molecule has 1 unspecified atom stereocenters. The molecule has 1 N–H and O–H groups in total. The summed E-state index contributed by atoms with van der Waals surface area (Å²) in [7, 11) is 1.50. The molecule has 0 spiro atoms. The number of halogens is 2. The Bertz CT molecular complexity index is 632. The van der Waals surface area contributed by atoms with Gasteiger partial charge in [0.15, 0.2) is 0 Å². The van der Waals surface area contributed by atoms with Crippen LogP contribution in [0.15, 0.2) is 36.5 Å². The number of benzene rings is 1. The van der Waals surface area contributed by atoms with E-state index in [1.165, 1.54) is 17.9 Å². The molecule has 1 aromatic carbocycles. The van der Waals surface area contributed by atoms with Gasteiger partial charge < -0.3 is 5.32 Å². The molecule has 0 bridgehead atoms. The van der Waals surface area contributed by atoms with Crippen molar-refractivity contribution < 1.29 is 13.6 Å². The molecule has 1 amide bonds. The van der Waals surface area contributed by atoms with Crippen LogP contribution < -0.4 is 5.32 Å². The fourth-order valence-corrected chi connectivity index (χ4v) is 2.07. The Balaban J connectivity index is 2.54. The lowest BCUT2D eigenvalue weighted by atomic mass is 10.0. The summed E-state index contributed by atoms with van der Waals surface area (Å²) in [5.41, 5.74) is 0.646. The van der Waals surface area contributed by atoms with Gasteiger partial charge in [0.25, 0.3) is 5.92 Å². The molecule has 112 valence electrons. The largest absolute Gasteiger partial charge is 0.357 e. The zero-order chi connectivity index (χ0) is 15.6. The van der Waals surface area contributed by atoms with Gasteiger partial charge in [-0.25, -0.2) is 0 Å². The van der Waals surface area contributed by atoms with Gasteiger partial charge in [-0.05, 0) is 12.5 Å². The Kier molecular flexibility index (Phi) is 4.06. The minimum Gasteiger partial charge on any atom is -0.357 e. The highest BCUT2D eigenvalue weighted by molar-refractivity contribution is 5.79. The number of carbonyl (C=O) groups excluding carboxylic acids is 1. The number of rotatable bonds is 4. The standard InChI is InChI=1S/C15H17F2N3O/c1-10(14(21)18-3)20-9-12(11-7-5-4-6-8-11)13(19-20)15(2,16)17/h4-10H,1-3H3,(H,18,21). The second-order valence-electron chi connectivity index (χ2n) is 4.92. The van der Waals surface area contributed by atoms with E-state index in [0.29, 0.717) is 11.1 Å². The highest BCUT2D eigenvalue weighted by Gasteiger charge is 2.33. The highest BCUT2D eigenvalue weighted by Crippen LogP contribution is 2.35. The molecule has 6 heteroatoms. The number of nitrogens with one attached hydrogen (secondary N) is 1. The van der Waals surface area contributed by atoms with E-state index in [0.717, 1.165) is 6.92 Å². The van der Waals surface area contributed by atoms with Gasteiger partial charge in [0.2, 0.25) is 5.91 Å². The Hall–Kier alpha value is -2.24. The summed E-state index contributed by atoms with van der Waals surface area (Å²) >= 11 is 0. The minimum absolute atomic E-state index is 0.289. The van der Waals surface area contributed by atoms with Crippen LogP contribution >= 0.6 is 0 Å². The van der Waals surface area contributed by atoms with E-state index in [1.54, 1.807) is 31.2 Å². The van der Waals surface area contributed by atoms with Crippen LogP contribution in [0.2, 0.25) is 0 Å². The van der Waals surface area contributed by atoms with Gasteiger partial charge in [-0.15, -0.1) is 0 Å². The average molecular weight is 293 g/mol. The van der Waals surface area contributed by atoms with Gasteiger partial charge in [-0.3, -0.25) is 9.48 Å². The van der Waals surface area contributed by atoms with Crippen molar-refractivity contribution in [2.45, 2.75) is 25.8 Å². The normalized spacial score (nSPS) is 13.0. The number of nitrogens with zero attached hydrogens (tertiary/aromatic N) is 2. The molecule has 1 heterocycles. The Labute approximate surface area is 121 Å². The fraction of sp³-hybridized carbons (Fsp3) is 0.333. The van der Waals surface area contributed by atoms with E-state index in [4.69, 9.17) is 0 Å². The van der Waals surface area contributed by atoms with E-state index in [-0.39, 0.29) is 11.6 Å². The lowest BCUT2D eigenvalue weighted by Crippen LogP contribution is -2.28. The molecule has 2 rings (SSSR count). The third-order valence-corrected chi connectivity index (χ3v) is 3.26. The van der Waals surface area contributed by atoms with Crippen molar-refractivity contribution in [2.24, 2.45) is 0 Å². The van der Waals surface area contributed by atoms with Crippen molar-refractivity contribution in [2.75, 3.05) is 7.05 Å². The molecule has 0 aliphatic rings. The third kappa shape index (κ3) is 3.09. The van der Waals surface area contributed by atoms with E-state index in [9.17, 15) is 13.6 Å². The van der Waals surface area contributed by atoms with Crippen LogP contribution in [0.1, 0.15) is 25.6 Å². The number of alkyl halides is 2. The summed E-state index contributed by atoms with van der Waals surface area (Å²) in [5, 5.41) is 6.42. The van der Waals surface area contributed by atoms with E-state index >= 15 is 0 Å². The summed E-state index contributed by atoms with van der Waals surface area (Å²) in [6.45, 7) is 2.41. The summed E-state index contributed by atoms with van der Waals surface area (Å²) in [4.78, 5) is 11.7. The predicted molar refractivity (Wildman–Crippen MR) is 76.0 cm³/mol. The first-order valence-electron chi connectivity index (χ1n) is 6.59. The number of carbonyl (C=O) groups is 1. The first-order chi connectivity index (χ1) is 9.84. The average Bonchev–Trinajstić information content (AvgIpc) is 2.92. The maximum Gasteiger partial charge on any atom is 0.289 e. The molecule has 0 fully saturated rings. The monoisotopic (exact) mass is 293 g/mol. The summed E-state index contributed by atoms with van der Waals surface area (Å²) < 4.78 is 28.8. The van der Waals surface area contributed by atoms with Gasteiger partial charge in [-0.2, -0.15) is 13.9 Å². The van der Waals surface area contributed by atoms with Gasteiger partial charge in [-0.1, -0.05) is 30.3 Å². The molecule has 0 saturated carbocycles. The third-order valence-electron chi connectivity index (χ3n) is 3.26. The summed E-state index contributed by atoms with van der Waals surface area (Å²) in [6, 6.07) is 8.17. The van der Waals surface area contributed by atoms with Crippen LogP contribution in [-0.2, 0) is 10.7 Å². The van der Waals surface area contributed by atoms with Gasteiger partial charge in [0.1, 0.15) is 11.7 Å². The Morgan fingerprint density at radius 1 is 1.33 bits per heavy atom. The molecule has 0 aliphatic carbocycles. The molecule has 21 heavy (non-hydrogen) atoms. The molecule has 2 aromatic rings. The maximum atomic E-state index is 13.8. The topological polar surface area (TPSA) is 46.9 Å². The van der Waals surface area contributed by atoms with Crippen LogP contribution in [0.5, 0.6) is 0 Å². The number of amides is 1. The maximum absolute atomic E-state index is 13.8. The van der Waals surface area contributed by atoms with Crippen molar-refractivity contribution in [1.82, 2.24) is 15.1 Å². The van der Waals surface area contributed by atoms with E-state index < -0.39 is 12.0 Å². The molecule has 1 aromatic heterocycles. The first kappa shape index (κ1) is 15.2. The first-order valence-corrected chi connectivity index (χ1v) is 6.59. The summed E-state index contributed by atoms with van der Waals surface area (Å²) in [6.07, 6.45) is 1.49. The van der Waals surface area contributed by atoms with Crippen LogP contribution in [0, 0.1) is 0 Å². The highest BCUT2D eigenvalue weighted by atomic mass is 19.3. The van der Waals surface area contributed by atoms with Crippen LogP contribution in [0.4, 0.5) is 8.78 Å². The second kappa shape index (κ2) is 5.63. The van der Waals surface area contributed by atoms with Crippen molar-refractivity contribution in [3.63, 3.8) is 0 Å². The number of hydrogen-bond donors (Lipinski definition) is 1. The van der Waals surface area contributed by atoms with Crippen molar-refractivity contribution in [1.29, 1.82) is 0 Å². The van der Waals surface area contributed by atoms with Crippen molar-refractivity contribution in [3.05, 3.63) is 42.2 Å². The molecular weight excluding hydrogens is 276 g/mol. The predicted octanol–water partition coefficient (Wildman–Crippen LogP) is 2.97. The molecule has 0 aliphatic heterocycles. The second-order valence-corrected chi connectivity index (χ2v) is 4.92. The number of aromatic nitrogens is 2. The SMILES string of the molecule is CNC(=O)C(C)n1cc(-c2ccccc2)c(C(C)(F)F)n1. The summed E-state index contributed by atoms with van der Waals surface area (Å²) in [5.74, 6) is -3.37. The zero-order valence-electron chi connectivity index (χ0n) is 12.1. The molecule has 4 nitrogen and oxygen atoms in total. The lowest BCUT2D eigenvalue weighted by molar-refractivity contribution is -0.123. The van der Waals surface area contributed by atoms with Crippen LogP contribution in [0.3, 0.4) is 0 Å². The van der Waals surface area contributed by atoms with E-state index in [1.807, 2.05) is 6.07 Å². The lowest BCUT2D eigenvalue weighted by Gasteiger charge is -2.11.